The van der Waals surface area contributed by atoms with E-state index in [1.165, 1.54) is 0 Å². The highest BCUT2D eigenvalue weighted by Crippen LogP contribution is 2.20. The van der Waals surface area contributed by atoms with Gasteiger partial charge in [0.05, 0.1) is 17.9 Å². The van der Waals surface area contributed by atoms with E-state index in [-0.39, 0.29) is 5.69 Å². The first-order valence-electron chi connectivity index (χ1n) is 5.65. The smallest absolute Gasteiger partial charge is 0.322 e. The number of nitrogens with one attached hydrogen (secondary N) is 1. The van der Waals surface area contributed by atoms with Crippen molar-refractivity contribution in [2.45, 2.75) is 39.5 Å². The van der Waals surface area contributed by atoms with Crippen LogP contribution in [0.15, 0.2) is 12.4 Å². The Morgan fingerprint density at radius 3 is 2.53 bits per heavy atom. The molecule has 1 aromatic heterocycles. The number of rotatable bonds is 3. The molecule has 1 amide bonds. The number of hydrogen-bond donors (Lipinski definition) is 2. The Balaban J connectivity index is 2.67. The van der Waals surface area contributed by atoms with Gasteiger partial charge in [0.2, 0.25) is 5.91 Å². The minimum absolute atomic E-state index is 0.189. The third-order valence-corrected chi connectivity index (χ3v) is 2.46. The van der Waals surface area contributed by atoms with Crippen LogP contribution in [0.4, 0.5) is 18.9 Å². The zero-order valence-electron chi connectivity index (χ0n) is 11.0. The minimum atomic E-state index is -4.35. The molecule has 0 fully saturated rings. The van der Waals surface area contributed by atoms with Crippen LogP contribution in [0.5, 0.6) is 0 Å². The average molecular weight is 278 g/mol. The van der Waals surface area contributed by atoms with Gasteiger partial charge in [0.15, 0.2) is 0 Å². The van der Waals surface area contributed by atoms with E-state index in [0.717, 1.165) is 12.4 Å². The molecule has 1 heterocycles. The lowest BCUT2D eigenvalue weighted by Crippen LogP contribution is -2.45. The van der Waals surface area contributed by atoms with Crippen LogP contribution in [0.2, 0.25) is 0 Å². The molecule has 1 atom stereocenters. The van der Waals surface area contributed by atoms with Gasteiger partial charge in [0.1, 0.15) is 6.54 Å². The molecule has 0 bridgehead atoms. The van der Waals surface area contributed by atoms with Crippen LogP contribution in [0.3, 0.4) is 0 Å². The van der Waals surface area contributed by atoms with E-state index in [9.17, 15) is 18.0 Å². The summed E-state index contributed by atoms with van der Waals surface area (Å²) in [5, 5.41) is 5.96. The van der Waals surface area contributed by atoms with Gasteiger partial charge in [-0.1, -0.05) is 20.8 Å². The molecular weight excluding hydrogens is 261 g/mol. The van der Waals surface area contributed by atoms with E-state index < -0.39 is 30.1 Å². The van der Waals surface area contributed by atoms with Crippen molar-refractivity contribution in [1.29, 1.82) is 0 Å². The maximum Gasteiger partial charge on any atom is 0.408 e. The van der Waals surface area contributed by atoms with Gasteiger partial charge in [0, 0.05) is 6.20 Å². The third-order valence-electron chi connectivity index (χ3n) is 2.46. The van der Waals surface area contributed by atoms with E-state index in [1.807, 2.05) is 0 Å². The summed E-state index contributed by atoms with van der Waals surface area (Å²) in [7, 11) is 0. The van der Waals surface area contributed by atoms with Crippen LogP contribution >= 0.6 is 0 Å². The van der Waals surface area contributed by atoms with Crippen LogP contribution in [0.25, 0.3) is 0 Å². The second-order valence-corrected chi connectivity index (χ2v) is 5.37. The largest absolute Gasteiger partial charge is 0.408 e. The molecule has 0 aliphatic rings. The molecule has 19 heavy (non-hydrogen) atoms. The highest BCUT2D eigenvalue weighted by Gasteiger charge is 2.29. The molecule has 0 aromatic carbocycles. The molecule has 108 valence electrons. The van der Waals surface area contributed by atoms with E-state index in [0.29, 0.717) is 4.68 Å². The quantitative estimate of drug-likeness (QED) is 0.884. The number of amides is 1. The Labute approximate surface area is 109 Å². The second kappa shape index (κ2) is 5.20. The van der Waals surface area contributed by atoms with Gasteiger partial charge in [-0.15, -0.1) is 0 Å². The predicted octanol–water partition coefficient (Wildman–Crippen LogP) is 1.76. The molecule has 0 aliphatic heterocycles. The lowest BCUT2D eigenvalue weighted by atomic mass is 9.87. The van der Waals surface area contributed by atoms with Crippen molar-refractivity contribution in [3.8, 4) is 0 Å². The minimum Gasteiger partial charge on any atom is -0.322 e. The van der Waals surface area contributed by atoms with Gasteiger partial charge in [0.25, 0.3) is 0 Å². The summed E-state index contributed by atoms with van der Waals surface area (Å²) >= 11 is 0. The fourth-order valence-electron chi connectivity index (χ4n) is 1.31. The summed E-state index contributed by atoms with van der Waals surface area (Å²) < 4.78 is 37.1. The molecule has 8 heteroatoms. The van der Waals surface area contributed by atoms with Gasteiger partial charge in [-0.25, -0.2) is 0 Å². The number of aromatic nitrogens is 2. The molecular formula is C11H17F3N4O. The van der Waals surface area contributed by atoms with E-state index in [4.69, 9.17) is 5.73 Å². The highest BCUT2D eigenvalue weighted by atomic mass is 19.4. The van der Waals surface area contributed by atoms with Crippen molar-refractivity contribution in [1.82, 2.24) is 9.78 Å². The second-order valence-electron chi connectivity index (χ2n) is 5.37. The highest BCUT2D eigenvalue weighted by molar-refractivity contribution is 5.94. The summed E-state index contributed by atoms with van der Waals surface area (Å²) in [6.07, 6.45) is -2.09. The molecule has 1 aromatic rings. The first kappa shape index (κ1) is 15.5. The lowest BCUT2D eigenvalue weighted by Gasteiger charge is -2.25. The normalized spacial score (nSPS) is 14.3. The molecule has 0 unspecified atom stereocenters. The molecule has 1 rings (SSSR count). The zero-order valence-corrected chi connectivity index (χ0v) is 11.0. The van der Waals surface area contributed by atoms with Crippen molar-refractivity contribution < 1.29 is 18.0 Å². The predicted molar refractivity (Wildman–Crippen MR) is 64.3 cm³/mol. The molecule has 0 saturated carbocycles. The molecule has 0 saturated heterocycles. The fourth-order valence-corrected chi connectivity index (χ4v) is 1.31. The number of anilines is 1. The molecule has 5 nitrogen and oxygen atoms in total. The number of nitrogens with zero attached hydrogens (tertiary/aromatic N) is 2. The average Bonchev–Trinajstić information content (AvgIpc) is 2.60. The van der Waals surface area contributed by atoms with Gasteiger partial charge >= 0.3 is 6.18 Å². The van der Waals surface area contributed by atoms with Crippen molar-refractivity contribution in [2.24, 2.45) is 11.1 Å². The van der Waals surface area contributed by atoms with Crippen LogP contribution < -0.4 is 11.1 Å². The molecule has 0 radical (unpaired) electrons. The maximum atomic E-state index is 12.1. The first-order chi connectivity index (χ1) is 8.49. The van der Waals surface area contributed by atoms with Crippen molar-refractivity contribution in [3.63, 3.8) is 0 Å². The van der Waals surface area contributed by atoms with Gasteiger partial charge < -0.3 is 11.1 Å². The number of carbonyl (C=O) groups is 1. The molecule has 3 N–H and O–H groups in total. The first-order valence-corrected chi connectivity index (χ1v) is 5.65. The van der Waals surface area contributed by atoms with Gasteiger partial charge in [-0.2, -0.15) is 18.3 Å². The Morgan fingerprint density at radius 2 is 2.05 bits per heavy atom. The van der Waals surface area contributed by atoms with Gasteiger partial charge in [-0.3, -0.25) is 9.48 Å². The Bertz CT molecular complexity index is 448. The molecule has 0 spiro atoms. The number of hydrogen-bond acceptors (Lipinski definition) is 3. The van der Waals surface area contributed by atoms with Gasteiger partial charge in [-0.05, 0) is 5.41 Å². The summed E-state index contributed by atoms with van der Waals surface area (Å²) in [6, 6.07) is -0.765. The van der Waals surface area contributed by atoms with Crippen LogP contribution in [0.1, 0.15) is 20.8 Å². The standard InChI is InChI=1S/C11H17F3N4O/c1-10(2,3)8(15)9(19)17-7-4-16-18(5-7)6-11(12,13)14/h4-5,8H,6,15H2,1-3H3,(H,17,19)/t8-/m1/s1. The lowest BCUT2D eigenvalue weighted by molar-refractivity contribution is -0.142. The third kappa shape index (κ3) is 4.90. The fraction of sp³-hybridized carbons (Fsp3) is 0.636. The topological polar surface area (TPSA) is 72.9 Å². The summed E-state index contributed by atoms with van der Waals surface area (Å²) in [5.41, 5.74) is 5.48. The SMILES string of the molecule is CC(C)(C)[C@H](N)C(=O)Nc1cnn(CC(F)(F)F)c1. The van der Waals surface area contributed by atoms with Crippen molar-refractivity contribution >= 4 is 11.6 Å². The van der Waals surface area contributed by atoms with Crippen LogP contribution in [-0.4, -0.2) is 27.9 Å². The van der Waals surface area contributed by atoms with E-state index in [2.05, 4.69) is 10.4 Å². The monoisotopic (exact) mass is 278 g/mol. The maximum absolute atomic E-state index is 12.1. The summed E-state index contributed by atoms with van der Waals surface area (Å²) in [6.45, 7) is 4.19. The number of alkyl halides is 3. The molecule has 0 aliphatic carbocycles. The Kier molecular flexibility index (Phi) is 4.24. The number of carbonyl (C=O) groups excluding carboxylic acids is 1. The van der Waals surface area contributed by atoms with Crippen LogP contribution in [-0.2, 0) is 11.3 Å². The van der Waals surface area contributed by atoms with Crippen molar-refractivity contribution in [3.05, 3.63) is 12.4 Å². The van der Waals surface area contributed by atoms with Crippen LogP contribution in [0, 0.1) is 5.41 Å². The van der Waals surface area contributed by atoms with Crippen molar-refractivity contribution in [2.75, 3.05) is 5.32 Å². The summed E-state index contributed by atoms with van der Waals surface area (Å²) in [4.78, 5) is 11.8. The number of halogens is 3. The Hall–Kier alpha value is -1.57. The Morgan fingerprint density at radius 1 is 1.47 bits per heavy atom. The summed E-state index contributed by atoms with van der Waals surface area (Å²) in [5.74, 6) is -0.459. The zero-order chi connectivity index (χ0) is 14.8. The number of nitrogens with two attached hydrogens (primary N) is 1. The van der Waals surface area contributed by atoms with E-state index in [1.54, 1.807) is 20.8 Å². The van der Waals surface area contributed by atoms with E-state index >= 15 is 0 Å².